The van der Waals surface area contributed by atoms with Gasteiger partial charge in [-0.05, 0) is 42.2 Å². The van der Waals surface area contributed by atoms with E-state index in [9.17, 15) is 0 Å². The third-order valence-electron chi connectivity index (χ3n) is 2.81. The summed E-state index contributed by atoms with van der Waals surface area (Å²) in [5, 5.41) is 4.24. The number of hydrogen-bond acceptors (Lipinski definition) is 1. The van der Waals surface area contributed by atoms with Crippen molar-refractivity contribution in [2.45, 2.75) is 13.8 Å². The largest absolute Gasteiger partial charge is 0.239 e. The molecule has 1 aromatic heterocycles. The summed E-state index contributed by atoms with van der Waals surface area (Å²) in [5.41, 5.74) is 5.04. The maximum absolute atomic E-state index is 4.24. The van der Waals surface area contributed by atoms with Gasteiger partial charge in [-0.15, -0.1) is 0 Å². The van der Waals surface area contributed by atoms with Crippen LogP contribution in [-0.2, 0) is 7.05 Å². The van der Waals surface area contributed by atoms with E-state index in [-0.39, 0.29) is 0 Å². The summed E-state index contributed by atoms with van der Waals surface area (Å²) in [6, 6.07) is 10.4. The summed E-state index contributed by atoms with van der Waals surface area (Å²) in [5.74, 6) is 0. The maximum Gasteiger partial charge on any atom is 0.239 e. The molecule has 0 aliphatic rings. The molecule has 2 aromatic rings. The molecule has 1 heterocycles. The molecule has 2 rings (SSSR count). The van der Waals surface area contributed by atoms with Gasteiger partial charge in [0.2, 0.25) is 5.69 Å². The van der Waals surface area contributed by atoms with Gasteiger partial charge >= 0.3 is 0 Å². The molecule has 0 spiro atoms. The average Bonchev–Trinajstić information content (AvgIpc) is 2.23. The summed E-state index contributed by atoms with van der Waals surface area (Å²) in [6.07, 6.45) is 1.80. The first kappa shape index (κ1) is 9.84. The molecule has 0 N–H and O–H groups in total. The average molecular weight is 199 g/mol. The minimum absolute atomic E-state index is 1.15. The number of nitrogens with zero attached hydrogens (tertiary/aromatic N) is 2. The van der Waals surface area contributed by atoms with Crippen LogP contribution >= 0.6 is 0 Å². The molecular weight excluding hydrogens is 184 g/mol. The molecule has 0 fully saturated rings. The lowest BCUT2D eigenvalue weighted by atomic mass is 10.0. The Labute approximate surface area is 90.2 Å². The standard InChI is InChI=1S/C13H15N2/c1-10-6-4-7-12(11(10)2)13-8-5-9-14-15(13)3/h4-9H,1-3H3/q+1. The van der Waals surface area contributed by atoms with Crippen LogP contribution in [0.3, 0.4) is 0 Å². The van der Waals surface area contributed by atoms with Crippen molar-refractivity contribution in [1.29, 1.82) is 0 Å². The van der Waals surface area contributed by atoms with E-state index in [4.69, 9.17) is 0 Å². The summed E-state index contributed by atoms with van der Waals surface area (Å²) in [6.45, 7) is 4.28. The topological polar surface area (TPSA) is 16.8 Å². The van der Waals surface area contributed by atoms with Crippen LogP contribution in [-0.4, -0.2) is 5.10 Å². The molecule has 0 radical (unpaired) electrons. The Kier molecular flexibility index (Phi) is 2.50. The van der Waals surface area contributed by atoms with E-state index >= 15 is 0 Å². The monoisotopic (exact) mass is 199 g/mol. The molecule has 76 valence electrons. The highest BCUT2D eigenvalue weighted by molar-refractivity contribution is 5.62. The first-order valence-electron chi connectivity index (χ1n) is 5.08. The van der Waals surface area contributed by atoms with Crippen LogP contribution < -0.4 is 4.68 Å². The van der Waals surface area contributed by atoms with E-state index in [0.29, 0.717) is 0 Å². The van der Waals surface area contributed by atoms with Crippen LogP contribution in [0.25, 0.3) is 11.3 Å². The summed E-state index contributed by atoms with van der Waals surface area (Å²) < 4.78 is 1.90. The number of benzene rings is 1. The Morgan fingerprint density at radius 2 is 1.87 bits per heavy atom. The fourth-order valence-corrected chi connectivity index (χ4v) is 1.74. The van der Waals surface area contributed by atoms with Gasteiger partial charge in [-0.25, -0.2) is 0 Å². The summed E-state index contributed by atoms with van der Waals surface area (Å²) >= 11 is 0. The zero-order valence-corrected chi connectivity index (χ0v) is 9.36. The van der Waals surface area contributed by atoms with Crippen LogP contribution in [0.4, 0.5) is 0 Å². The molecule has 0 aliphatic heterocycles. The molecule has 15 heavy (non-hydrogen) atoms. The highest BCUT2D eigenvalue weighted by Crippen LogP contribution is 2.21. The van der Waals surface area contributed by atoms with Crippen LogP contribution in [0.1, 0.15) is 11.1 Å². The molecule has 2 nitrogen and oxygen atoms in total. The smallest absolute Gasteiger partial charge is 0.0865 e. The van der Waals surface area contributed by atoms with Gasteiger partial charge in [0.25, 0.3) is 0 Å². The quantitative estimate of drug-likeness (QED) is 0.643. The lowest BCUT2D eigenvalue weighted by Crippen LogP contribution is -2.35. The fraction of sp³-hybridized carbons (Fsp3) is 0.231. The summed E-state index contributed by atoms with van der Waals surface area (Å²) in [4.78, 5) is 0. The van der Waals surface area contributed by atoms with Crippen molar-refractivity contribution >= 4 is 0 Å². The van der Waals surface area contributed by atoms with E-state index in [1.807, 2.05) is 17.8 Å². The zero-order valence-electron chi connectivity index (χ0n) is 9.36. The number of aromatic nitrogens is 2. The Hall–Kier alpha value is -1.70. The normalized spacial score (nSPS) is 10.3. The lowest BCUT2D eigenvalue weighted by Gasteiger charge is -2.05. The number of rotatable bonds is 1. The van der Waals surface area contributed by atoms with E-state index in [1.165, 1.54) is 16.7 Å². The van der Waals surface area contributed by atoms with E-state index in [0.717, 1.165) is 5.69 Å². The van der Waals surface area contributed by atoms with Crippen molar-refractivity contribution in [3.63, 3.8) is 0 Å². The first-order valence-corrected chi connectivity index (χ1v) is 5.08. The van der Waals surface area contributed by atoms with Gasteiger partial charge in [-0.2, -0.15) is 0 Å². The lowest BCUT2D eigenvalue weighted by molar-refractivity contribution is -0.720. The molecule has 0 saturated heterocycles. The Morgan fingerprint density at radius 3 is 2.60 bits per heavy atom. The van der Waals surface area contributed by atoms with E-state index < -0.39 is 0 Å². The van der Waals surface area contributed by atoms with Crippen molar-refractivity contribution < 1.29 is 4.68 Å². The third-order valence-corrected chi connectivity index (χ3v) is 2.81. The van der Waals surface area contributed by atoms with Crippen molar-refractivity contribution in [3.8, 4) is 11.3 Å². The second kappa shape index (κ2) is 3.81. The Morgan fingerprint density at radius 1 is 1.07 bits per heavy atom. The predicted molar refractivity (Wildman–Crippen MR) is 60.3 cm³/mol. The van der Waals surface area contributed by atoms with Crippen LogP contribution in [0.15, 0.2) is 36.5 Å². The Bertz CT molecular complexity index is 490. The van der Waals surface area contributed by atoms with Gasteiger partial charge in [-0.1, -0.05) is 16.8 Å². The van der Waals surface area contributed by atoms with Crippen molar-refractivity contribution in [3.05, 3.63) is 47.7 Å². The number of hydrogen-bond donors (Lipinski definition) is 0. The molecule has 0 saturated carbocycles. The SMILES string of the molecule is Cc1cccc(-c2cccn[n+]2C)c1C. The van der Waals surface area contributed by atoms with Gasteiger partial charge in [0.05, 0.1) is 11.8 Å². The van der Waals surface area contributed by atoms with Crippen LogP contribution in [0.5, 0.6) is 0 Å². The van der Waals surface area contributed by atoms with Crippen LogP contribution in [0.2, 0.25) is 0 Å². The minimum atomic E-state index is 1.15. The minimum Gasteiger partial charge on any atom is -0.0865 e. The van der Waals surface area contributed by atoms with Gasteiger partial charge in [0.15, 0.2) is 7.05 Å². The molecule has 0 aliphatic carbocycles. The first-order chi connectivity index (χ1) is 7.20. The molecule has 0 amide bonds. The van der Waals surface area contributed by atoms with E-state index in [2.05, 4.69) is 43.2 Å². The molecular formula is C13H15N2+. The van der Waals surface area contributed by atoms with E-state index in [1.54, 1.807) is 6.20 Å². The molecule has 0 bridgehead atoms. The predicted octanol–water partition coefficient (Wildman–Crippen LogP) is 2.19. The highest BCUT2D eigenvalue weighted by Gasteiger charge is 2.12. The number of aryl methyl sites for hydroxylation is 2. The second-order valence-corrected chi connectivity index (χ2v) is 3.78. The molecule has 0 unspecified atom stereocenters. The second-order valence-electron chi connectivity index (χ2n) is 3.78. The van der Waals surface area contributed by atoms with Crippen molar-refractivity contribution in [2.24, 2.45) is 7.05 Å². The molecule has 1 aromatic carbocycles. The fourth-order valence-electron chi connectivity index (χ4n) is 1.74. The van der Waals surface area contributed by atoms with Gasteiger partial charge in [-0.3, -0.25) is 0 Å². The van der Waals surface area contributed by atoms with Gasteiger partial charge in [0, 0.05) is 6.07 Å². The maximum atomic E-state index is 4.24. The Balaban J connectivity index is 2.65. The molecule has 0 atom stereocenters. The van der Waals surface area contributed by atoms with Crippen molar-refractivity contribution in [2.75, 3.05) is 0 Å². The van der Waals surface area contributed by atoms with Crippen molar-refractivity contribution in [1.82, 2.24) is 5.10 Å². The van der Waals surface area contributed by atoms with Gasteiger partial charge in [0.1, 0.15) is 0 Å². The summed E-state index contributed by atoms with van der Waals surface area (Å²) in [7, 11) is 1.97. The van der Waals surface area contributed by atoms with Gasteiger partial charge < -0.3 is 0 Å². The highest BCUT2D eigenvalue weighted by atomic mass is 15.2. The third kappa shape index (κ3) is 1.75. The van der Waals surface area contributed by atoms with Crippen LogP contribution in [0, 0.1) is 13.8 Å². The zero-order chi connectivity index (χ0) is 10.8. The molecule has 2 heteroatoms.